The number of quaternary nitrogens is 1. The standard InChI is InChI=1S/C9H11NO3S/c1-14(12,13)8-4-2-7(3-5-8)9(11)6-10/h2-5H,6,10H2,1H3/p+1. The first-order valence-electron chi connectivity index (χ1n) is 4.07. The van der Waals surface area contributed by atoms with Crippen LogP contribution in [0.1, 0.15) is 10.4 Å². The lowest BCUT2D eigenvalue weighted by molar-refractivity contribution is -0.349. The average molecular weight is 214 g/mol. The zero-order valence-electron chi connectivity index (χ0n) is 7.86. The Labute approximate surface area is 82.7 Å². The van der Waals surface area contributed by atoms with E-state index < -0.39 is 9.84 Å². The minimum atomic E-state index is -3.18. The maximum absolute atomic E-state index is 11.2. The minimum absolute atomic E-state index is 0.0925. The summed E-state index contributed by atoms with van der Waals surface area (Å²) in [6, 6.07) is 5.87. The molecule has 0 heterocycles. The summed E-state index contributed by atoms with van der Waals surface area (Å²) >= 11 is 0. The van der Waals surface area contributed by atoms with Gasteiger partial charge in [0.1, 0.15) is 6.54 Å². The molecule has 5 heteroatoms. The van der Waals surface area contributed by atoms with Crippen molar-refractivity contribution in [3.05, 3.63) is 29.8 Å². The van der Waals surface area contributed by atoms with Gasteiger partial charge in [0.05, 0.1) is 4.90 Å². The van der Waals surface area contributed by atoms with Crippen LogP contribution < -0.4 is 5.73 Å². The Morgan fingerprint density at radius 1 is 1.29 bits per heavy atom. The van der Waals surface area contributed by atoms with Crippen LogP contribution in [0.3, 0.4) is 0 Å². The van der Waals surface area contributed by atoms with Crippen molar-refractivity contribution in [1.29, 1.82) is 0 Å². The van der Waals surface area contributed by atoms with Crippen molar-refractivity contribution in [2.75, 3.05) is 12.8 Å². The van der Waals surface area contributed by atoms with Gasteiger partial charge in [0.15, 0.2) is 9.84 Å². The second kappa shape index (κ2) is 3.89. The van der Waals surface area contributed by atoms with Crippen LogP contribution in [0.4, 0.5) is 0 Å². The molecule has 0 spiro atoms. The van der Waals surface area contributed by atoms with Gasteiger partial charge in [-0.25, -0.2) is 8.42 Å². The zero-order chi connectivity index (χ0) is 10.8. The predicted molar refractivity (Wildman–Crippen MR) is 51.6 cm³/mol. The largest absolute Gasteiger partial charge is 0.351 e. The third-order valence-electron chi connectivity index (χ3n) is 1.83. The second-order valence-electron chi connectivity index (χ2n) is 2.97. The Kier molecular flexibility index (Phi) is 3.03. The third-order valence-corrected chi connectivity index (χ3v) is 2.96. The predicted octanol–water partition coefficient (Wildman–Crippen LogP) is -0.485. The topological polar surface area (TPSA) is 78.8 Å². The quantitative estimate of drug-likeness (QED) is 0.690. The van der Waals surface area contributed by atoms with Crippen LogP contribution in [0, 0.1) is 0 Å². The molecule has 3 N–H and O–H groups in total. The van der Waals surface area contributed by atoms with E-state index in [2.05, 4.69) is 5.73 Å². The minimum Gasteiger partial charge on any atom is -0.351 e. The van der Waals surface area contributed by atoms with Gasteiger partial charge >= 0.3 is 0 Å². The molecule has 0 saturated carbocycles. The maximum Gasteiger partial charge on any atom is 0.216 e. The van der Waals surface area contributed by atoms with Crippen molar-refractivity contribution in [1.82, 2.24) is 0 Å². The van der Waals surface area contributed by atoms with Crippen molar-refractivity contribution < 1.29 is 18.9 Å². The van der Waals surface area contributed by atoms with Crippen molar-refractivity contribution in [2.45, 2.75) is 4.90 Å². The van der Waals surface area contributed by atoms with Crippen LogP contribution in [0.25, 0.3) is 0 Å². The third kappa shape index (κ3) is 2.40. The number of ketones is 1. The van der Waals surface area contributed by atoms with Gasteiger partial charge in [-0.3, -0.25) is 4.79 Å². The summed E-state index contributed by atoms with van der Waals surface area (Å²) in [7, 11) is -3.18. The maximum atomic E-state index is 11.2. The van der Waals surface area contributed by atoms with E-state index in [0.717, 1.165) is 6.26 Å². The van der Waals surface area contributed by atoms with Gasteiger partial charge in [-0.15, -0.1) is 0 Å². The van der Waals surface area contributed by atoms with Crippen LogP contribution in [0.5, 0.6) is 0 Å². The molecule has 0 fully saturated rings. The highest BCUT2D eigenvalue weighted by Gasteiger charge is 2.09. The van der Waals surface area contributed by atoms with Gasteiger partial charge in [-0.1, -0.05) is 0 Å². The summed E-state index contributed by atoms with van der Waals surface area (Å²) < 4.78 is 22.2. The number of hydrogen-bond acceptors (Lipinski definition) is 3. The van der Waals surface area contributed by atoms with Crippen LogP contribution in [0.15, 0.2) is 29.2 Å². The molecular formula is C9H12NO3S+. The molecule has 0 aliphatic rings. The summed E-state index contributed by atoms with van der Waals surface area (Å²) in [5.74, 6) is -0.0925. The molecule has 1 rings (SSSR count). The van der Waals surface area contributed by atoms with E-state index in [4.69, 9.17) is 0 Å². The van der Waals surface area contributed by atoms with Crippen LogP contribution in [0.2, 0.25) is 0 Å². The Balaban J connectivity index is 3.07. The fourth-order valence-corrected chi connectivity index (χ4v) is 1.66. The highest BCUT2D eigenvalue weighted by molar-refractivity contribution is 7.90. The van der Waals surface area contributed by atoms with Crippen molar-refractivity contribution in [3.8, 4) is 0 Å². The van der Waals surface area contributed by atoms with E-state index in [1.165, 1.54) is 24.3 Å². The monoisotopic (exact) mass is 214 g/mol. The highest BCUT2D eigenvalue weighted by Crippen LogP contribution is 2.10. The van der Waals surface area contributed by atoms with Crippen molar-refractivity contribution in [3.63, 3.8) is 0 Å². The summed E-state index contributed by atoms with van der Waals surface area (Å²) in [5, 5.41) is 0. The van der Waals surface area contributed by atoms with E-state index >= 15 is 0 Å². The lowest BCUT2D eigenvalue weighted by Gasteiger charge is -1.99. The molecule has 0 amide bonds. The molecule has 0 aliphatic carbocycles. The molecule has 1 aromatic carbocycles. The normalized spacial score (nSPS) is 11.3. The van der Waals surface area contributed by atoms with Gasteiger partial charge in [0.25, 0.3) is 0 Å². The van der Waals surface area contributed by atoms with Crippen LogP contribution >= 0.6 is 0 Å². The summed E-state index contributed by atoms with van der Waals surface area (Å²) in [6.45, 7) is 0.179. The number of carbonyl (C=O) groups is 1. The first kappa shape index (κ1) is 10.9. The first-order valence-corrected chi connectivity index (χ1v) is 5.97. The fourth-order valence-electron chi connectivity index (χ4n) is 1.03. The fraction of sp³-hybridized carbons (Fsp3) is 0.222. The number of benzene rings is 1. The van der Waals surface area contributed by atoms with Gasteiger partial charge in [0, 0.05) is 11.8 Å². The Bertz CT molecular complexity index is 434. The van der Waals surface area contributed by atoms with Crippen molar-refractivity contribution >= 4 is 15.6 Å². The molecule has 4 nitrogen and oxygen atoms in total. The summed E-state index contributed by atoms with van der Waals surface area (Å²) in [5.41, 5.74) is 3.96. The molecule has 0 saturated heterocycles. The molecule has 76 valence electrons. The summed E-state index contributed by atoms with van der Waals surface area (Å²) in [6.07, 6.45) is 1.13. The highest BCUT2D eigenvalue weighted by atomic mass is 32.2. The van der Waals surface area contributed by atoms with Crippen LogP contribution in [-0.2, 0) is 9.84 Å². The van der Waals surface area contributed by atoms with Gasteiger partial charge in [-0.05, 0) is 24.3 Å². The molecule has 1 aromatic rings. The SMILES string of the molecule is CS(=O)(=O)c1ccc(C(=O)C[NH3+])cc1. The van der Waals surface area contributed by atoms with Gasteiger partial charge in [-0.2, -0.15) is 0 Å². The number of Topliss-reactive ketones (excluding diaryl/α,β-unsaturated/α-hetero) is 1. The Morgan fingerprint density at radius 2 is 1.79 bits per heavy atom. The first-order chi connectivity index (χ1) is 6.45. The molecule has 0 unspecified atom stereocenters. The number of hydrogen-bond donors (Lipinski definition) is 1. The van der Waals surface area contributed by atoms with E-state index in [-0.39, 0.29) is 17.2 Å². The van der Waals surface area contributed by atoms with E-state index in [1.807, 2.05) is 0 Å². The lowest BCUT2D eigenvalue weighted by atomic mass is 10.1. The average Bonchev–Trinajstić information content (AvgIpc) is 2.15. The molecular weight excluding hydrogens is 202 g/mol. The molecule has 0 atom stereocenters. The Hall–Kier alpha value is -1.20. The van der Waals surface area contributed by atoms with Crippen molar-refractivity contribution in [2.24, 2.45) is 0 Å². The van der Waals surface area contributed by atoms with Gasteiger partial charge < -0.3 is 5.73 Å². The second-order valence-corrected chi connectivity index (χ2v) is 4.99. The van der Waals surface area contributed by atoms with E-state index in [0.29, 0.717) is 5.56 Å². The molecule has 0 radical (unpaired) electrons. The number of rotatable bonds is 3. The van der Waals surface area contributed by atoms with E-state index in [9.17, 15) is 13.2 Å². The Morgan fingerprint density at radius 3 is 2.14 bits per heavy atom. The molecule has 0 aromatic heterocycles. The zero-order valence-corrected chi connectivity index (χ0v) is 8.67. The number of sulfone groups is 1. The smallest absolute Gasteiger partial charge is 0.216 e. The molecule has 14 heavy (non-hydrogen) atoms. The van der Waals surface area contributed by atoms with Gasteiger partial charge in [0.2, 0.25) is 5.78 Å². The van der Waals surface area contributed by atoms with Crippen LogP contribution in [-0.4, -0.2) is 27.0 Å². The lowest BCUT2D eigenvalue weighted by Crippen LogP contribution is -2.54. The molecule has 0 aliphatic heterocycles. The summed E-state index contributed by atoms with van der Waals surface area (Å²) in [4.78, 5) is 11.4. The number of carbonyl (C=O) groups excluding carboxylic acids is 1. The van der Waals surface area contributed by atoms with E-state index in [1.54, 1.807) is 0 Å². The molecule has 0 bridgehead atoms.